The number of aryl methyl sites for hydroxylation is 7. The van der Waals surface area contributed by atoms with Crippen LogP contribution in [0.15, 0.2) is 218 Å². The van der Waals surface area contributed by atoms with Crippen LogP contribution >= 0.6 is 22.7 Å². The van der Waals surface area contributed by atoms with Gasteiger partial charge in [-0.05, 0) is 176 Å². The molecule has 0 radical (unpaired) electrons. The van der Waals surface area contributed by atoms with Gasteiger partial charge >= 0.3 is 19.5 Å². The van der Waals surface area contributed by atoms with E-state index in [9.17, 15) is 0 Å². The van der Waals surface area contributed by atoms with E-state index in [1.165, 1.54) is 27.8 Å². The average molecular weight is 1370 g/mol. The minimum atomic E-state index is 0. The molecule has 16 bridgehead atoms. The van der Waals surface area contributed by atoms with E-state index >= 15 is 0 Å². The van der Waals surface area contributed by atoms with Gasteiger partial charge in [-0.15, -0.1) is 44.7 Å². The number of benzene rings is 7. The molecule has 0 fully saturated rings. The summed E-state index contributed by atoms with van der Waals surface area (Å²) in [6.07, 6.45) is 15.1. The second kappa shape index (κ2) is 26.2. The minimum absolute atomic E-state index is 0. The summed E-state index contributed by atoms with van der Waals surface area (Å²) in [4.78, 5) is 34.1. The monoisotopic (exact) mass is 1370 g/mol. The van der Waals surface area contributed by atoms with Crippen LogP contribution in [-0.2, 0) is 19.5 Å². The van der Waals surface area contributed by atoms with Crippen molar-refractivity contribution in [2.24, 2.45) is 0 Å². The molecule has 4 aliphatic rings. The molecule has 7 aromatic carbocycles. The molecule has 4 aliphatic heterocycles. The Morgan fingerprint density at radius 3 is 0.860 bits per heavy atom. The summed E-state index contributed by atoms with van der Waals surface area (Å²) in [5.74, 6) is 7.80. The summed E-state index contributed by atoms with van der Waals surface area (Å²) in [6, 6.07) is 78.7. The van der Waals surface area contributed by atoms with E-state index in [1.807, 2.05) is 0 Å². The molecule has 0 spiro atoms. The molecule has 0 unspecified atom stereocenters. The third kappa shape index (κ3) is 12.0. The molecule has 0 amide bonds. The van der Waals surface area contributed by atoms with Crippen LogP contribution < -0.4 is 9.97 Å². The molecular weight excluding hydrogens is 1310 g/mol. The summed E-state index contributed by atoms with van der Waals surface area (Å²) in [6.45, 7) is 14.9. The second-order valence-electron chi connectivity index (χ2n) is 26.1. The topological polar surface area (TPSA) is 79.8 Å². The van der Waals surface area contributed by atoms with Gasteiger partial charge in [-0.2, -0.15) is 0 Å². The smallest absolute Gasteiger partial charge is 0.657 e. The van der Waals surface area contributed by atoms with Crippen molar-refractivity contribution in [1.82, 2.24) is 29.9 Å². The van der Waals surface area contributed by atoms with Crippen molar-refractivity contribution in [3.63, 3.8) is 0 Å². The fraction of sp³-hybridized carbons (Fsp3) is 0.0769. The van der Waals surface area contributed by atoms with Crippen molar-refractivity contribution in [2.75, 3.05) is 0 Å². The largest absolute Gasteiger partial charge is 2.00 e. The van der Waals surface area contributed by atoms with Crippen LogP contribution in [0.3, 0.4) is 0 Å². The van der Waals surface area contributed by atoms with Crippen LogP contribution in [0.4, 0.5) is 0 Å². The SMILES string of the molecule is Cc1ccc(-c2c3nc(c(-c4ccc(C)cc4)c4ccc([n-]4)c(-c4ccc(C)cc4)c4nc(c(-c5ccc(C)cc5)c5ccc2[n-]5)C=C4C#Cc2c4nc(c(-c5ccc(C)cc5)c5ccc(s5)c(-c5ccc(C)cc5)c5nc(c(-c6ccc(C)cc6)c6ccc2s6)C=C5)C=C4)C=C3)cc1.[Zn+2]. The van der Waals surface area contributed by atoms with Crippen LogP contribution in [0.2, 0.25) is 0 Å². The van der Waals surface area contributed by atoms with E-state index in [4.69, 9.17) is 29.9 Å². The van der Waals surface area contributed by atoms with Crippen LogP contribution in [0.25, 0.3) is 167 Å². The van der Waals surface area contributed by atoms with Crippen LogP contribution in [0.5, 0.6) is 0 Å². The standard InChI is InChI=1S/C91H64N6S2.Zn/c1-53-8-22-60(23-9-53)84-70-40-41-71(93-70)85(61-24-10-54(2)11-25-61)73-44-47-78(95-73)90(66-34-20-59(7)21-35-66)91-67(52-79(97-91)86(74-43-42-72(84)94-74)62-26-12-55(3)13-27-62)36-37-68-69-38-39-75(92-69)87(63-28-14-56(4)15-29-63)82-50-51-83(99-82)89(65-32-18-58(6)19-33-65)77-46-45-76(96-77)88(81-49-48-80(68)98-81)64-30-16-57(5)17-31-64;/h8-35,38-52H,1-7H3;/q-2;+2. The first-order valence-electron chi connectivity index (χ1n) is 33.5. The van der Waals surface area contributed by atoms with Gasteiger partial charge in [-0.1, -0.05) is 245 Å². The first kappa shape index (κ1) is 63.5. The summed E-state index contributed by atoms with van der Waals surface area (Å²) < 4.78 is 4.24. The zero-order valence-electron chi connectivity index (χ0n) is 56.5. The Morgan fingerprint density at radius 2 is 0.510 bits per heavy atom. The first-order valence-corrected chi connectivity index (χ1v) is 35.1. The zero-order valence-corrected chi connectivity index (χ0v) is 61.1. The molecule has 0 atom stereocenters. The molecule has 0 N–H and O–H groups in total. The van der Waals surface area contributed by atoms with E-state index in [1.54, 1.807) is 22.7 Å². The summed E-state index contributed by atoms with van der Waals surface area (Å²) >= 11 is 3.48. The minimum Gasteiger partial charge on any atom is -0.657 e. The molecule has 10 heterocycles. The maximum Gasteiger partial charge on any atom is 2.00 e. The van der Waals surface area contributed by atoms with E-state index < -0.39 is 0 Å². The number of hydrogen-bond donors (Lipinski definition) is 0. The molecule has 0 aliphatic carbocycles. The Morgan fingerprint density at radius 1 is 0.250 bits per heavy atom. The maximum absolute atomic E-state index is 5.89. The van der Waals surface area contributed by atoms with E-state index in [0.717, 1.165) is 181 Å². The Balaban J connectivity index is 0.00000778. The van der Waals surface area contributed by atoms with Gasteiger partial charge in [0.05, 0.1) is 56.7 Å². The molecule has 17 rings (SSSR count). The molecule has 6 aromatic heterocycles. The van der Waals surface area contributed by atoms with Crippen molar-refractivity contribution in [3.8, 4) is 89.7 Å². The Kier molecular flexibility index (Phi) is 16.6. The Bertz CT molecular complexity index is 6000. The predicted molar refractivity (Wildman–Crippen MR) is 420 cm³/mol. The van der Waals surface area contributed by atoms with Crippen LogP contribution in [-0.4, -0.2) is 19.9 Å². The van der Waals surface area contributed by atoms with Gasteiger partial charge < -0.3 is 9.97 Å². The van der Waals surface area contributed by atoms with E-state index in [0.29, 0.717) is 5.69 Å². The summed E-state index contributed by atoms with van der Waals surface area (Å²) in [7, 11) is 0. The number of fused-ring (bicyclic) bond motifs is 16. The number of nitrogens with zero attached hydrogens (tertiary/aromatic N) is 6. The van der Waals surface area contributed by atoms with Gasteiger partial charge in [0, 0.05) is 35.5 Å². The normalized spacial score (nSPS) is 12.1. The van der Waals surface area contributed by atoms with E-state index in [2.05, 4.69) is 321 Å². The van der Waals surface area contributed by atoms with Crippen LogP contribution in [0, 0.1) is 60.3 Å². The van der Waals surface area contributed by atoms with Gasteiger partial charge in [0.25, 0.3) is 0 Å². The van der Waals surface area contributed by atoms with Crippen LogP contribution in [0.1, 0.15) is 90.1 Å². The average Bonchev–Trinajstić information content (AvgIpc) is 1.61. The molecule has 472 valence electrons. The van der Waals surface area contributed by atoms with Crippen molar-refractivity contribution in [1.29, 1.82) is 0 Å². The van der Waals surface area contributed by atoms with Crippen molar-refractivity contribution < 1.29 is 19.5 Å². The molecule has 13 aromatic rings. The van der Waals surface area contributed by atoms with Gasteiger partial charge in [0.15, 0.2) is 0 Å². The Labute approximate surface area is 603 Å². The number of thiophene rings is 2. The van der Waals surface area contributed by atoms with Crippen molar-refractivity contribution in [3.05, 3.63) is 308 Å². The first-order chi connectivity index (χ1) is 48.4. The van der Waals surface area contributed by atoms with E-state index in [-0.39, 0.29) is 19.5 Å². The maximum atomic E-state index is 5.89. The van der Waals surface area contributed by atoms with Crippen molar-refractivity contribution in [2.45, 2.75) is 48.5 Å². The fourth-order valence-electron chi connectivity index (χ4n) is 13.6. The molecule has 9 heteroatoms. The van der Waals surface area contributed by atoms with Gasteiger partial charge in [0.2, 0.25) is 0 Å². The Hall–Kier alpha value is -11.2. The number of allylic oxidation sites excluding steroid dienone is 1. The molecule has 100 heavy (non-hydrogen) atoms. The summed E-state index contributed by atoms with van der Waals surface area (Å²) in [5.41, 5.74) is 33.3. The number of hydrogen-bond acceptors (Lipinski definition) is 6. The van der Waals surface area contributed by atoms with Gasteiger partial charge in [-0.25, -0.2) is 19.9 Å². The molecule has 6 nitrogen and oxygen atoms in total. The molecule has 0 saturated carbocycles. The third-order valence-corrected chi connectivity index (χ3v) is 21.2. The quantitative estimate of drug-likeness (QED) is 0.117. The fourth-order valence-corrected chi connectivity index (χ4v) is 15.9. The number of rotatable bonds is 7. The van der Waals surface area contributed by atoms with Crippen molar-refractivity contribution >= 4 is 112 Å². The zero-order chi connectivity index (χ0) is 67.0. The number of aromatic nitrogens is 6. The van der Waals surface area contributed by atoms with Gasteiger partial charge in [-0.3, -0.25) is 0 Å². The van der Waals surface area contributed by atoms with Gasteiger partial charge in [0.1, 0.15) is 0 Å². The molecule has 0 saturated heterocycles. The summed E-state index contributed by atoms with van der Waals surface area (Å²) in [5, 5.41) is 0. The third-order valence-electron chi connectivity index (χ3n) is 18.9. The second-order valence-corrected chi connectivity index (χ2v) is 28.3. The molecular formula is C91H64N6S2Zn. The predicted octanol–water partition coefficient (Wildman–Crippen LogP) is 23.6.